The first-order valence-electron chi connectivity index (χ1n) is 4.21. The van der Waals surface area contributed by atoms with Crippen molar-refractivity contribution in [3.8, 4) is 12.3 Å². The summed E-state index contributed by atoms with van der Waals surface area (Å²) < 4.78 is 2.01. The third-order valence-electron chi connectivity index (χ3n) is 1.77. The van der Waals surface area contributed by atoms with Crippen molar-refractivity contribution in [3.63, 3.8) is 0 Å². The lowest BCUT2D eigenvalue weighted by atomic mass is 10.2. The molecule has 2 nitrogen and oxygen atoms in total. The van der Waals surface area contributed by atoms with E-state index in [0.29, 0.717) is 6.04 Å². The number of aryl methyl sites for hydroxylation is 1. The molecule has 1 aromatic rings. The smallest absolute Gasteiger partial charge is 0.0492 e. The molecule has 1 heterocycles. The molecule has 0 aliphatic carbocycles. The van der Waals surface area contributed by atoms with Gasteiger partial charge in [0.1, 0.15) is 0 Å². The fraction of sp³-hybridized carbons (Fsp3) is 0.500. The van der Waals surface area contributed by atoms with Crippen LogP contribution in [-0.2, 0) is 6.42 Å². The van der Waals surface area contributed by atoms with Crippen LogP contribution in [0.15, 0.2) is 12.3 Å². The van der Waals surface area contributed by atoms with E-state index in [9.17, 15) is 0 Å². The first-order chi connectivity index (χ1) is 5.75. The first kappa shape index (κ1) is 8.86. The summed E-state index contributed by atoms with van der Waals surface area (Å²) in [4.78, 5) is 0. The van der Waals surface area contributed by atoms with E-state index in [-0.39, 0.29) is 0 Å². The highest BCUT2D eigenvalue weighted by atomic mass is 15.3. The molecule has 0 aromatic carbocycles. The summed E-state index contributed by atoms with van der Waals surface area (Å²) in [5, 5.41) is 4.22. The highest BCUT2D eigenvalue weighted by molar-refractivity contribution is 5.04. The Labute approximate surface area is 73.6 Å². The van der Waals surface area contributed by atoms with Crippen molar-refractivity contribution in [1.82, 2.24) is 9.78 Å². The fourth-order valence-corrected chi connectivity index (χ4v) is 1.20. The van der Waals surface area contributed by atoms with Gasteiger partial charge >= 0.3 is 0 Å². The Bertz CT molecular complexity index is 278. The number of terminal acetylenes is 1. The standard InChI is InChI=1S/C10H14N2/c1-4-5-6-10-7-8-11-12(10)9(2)3/h1,7-9H,5-6H2,2-3H3. The summed E-state index contributed by atoms with van der Waals surface area (Å²) in [6.45, 7) is 4.23. The van der Waals surface area contributed by atoms with E-state index in [0.717, 1.165) is 12.8 Å². The van der Waals surface area contributed by atoms with E-state index in [1.54, 1.807) is 0 Å². The Hall–Kier alpha value is -1.23. The second kappa shape index (κ2) is 3.96. The number of hydrogen-bond acceptors (Lipinski definition) is 1. The molecule has 1 rings (SSSR count). The third-order valence-corrected chi connectivity index (χ3v) is 1.77. The Morgan fingerprint density at radius 2 is 2.42 bits per heavy atom. The van der Waals surface area contributed by atoms with Crippen LogP contribution in [0.25, 0.3) is 0 Å². The van der Waals surface area contributed by atoms with E-state index in [4.69, 9.17) is 6.42 Å². The molecule has 0 aliphatic rings. The summed E-state index contributed by atoms with van der Waals surface area (Å²) in [5.41, 5.74) is 1.22. The van der Waals surface area contributed by atoms with Crippen LogP contribution in [0.1, 0.15) is 32.0 Å². The first-order valence-corrected chi connectivity index (χ1v) is 4.21. The molecule has 0 saturated carbocycles. The van der Waals surface area contributed by atoms with Gasteiger partial charge in [-0.1, -0.05) is 0 Å². The van der Waals surface area contributed by atoms with Gasteiger partial charge in [0.15, 0.2) is 0 Å². The van der Waals surface area contributed by atoms with Gasteiger partial charge < -0.3 is 0 Å². The van der Waals surface area contributed by atoms with Gasteiger partial charge in [-0.15, -0.1) is 12.3 Å². The van der Waals surface area contributed by atoms with E-state index < -0.39 is 0 Å². The minimum Gasteiger partial charge on any atom is -0.267 e. The van der Waals surface area contributed by atoms with Crippen LogP contribution in [0.3, 0.4) is 0 Å². The summed E-state index contributed by atoms with van der Waals surface area (Å²) in [5.74, 6) is 2.63. The van der Waals surface area contributed by atoms with Crippen LogP contribution in [0.2, 0.25) is 0 Å². The van der Waals surface area contributed by atoms with Crippen molar-refractivity contribution in [2.45, 2.75) is 32.7 Å². The van der Waals surface area contributed by atoms with E-state index in [1.807, 2.05) is 16.9 Å². The second-order valence-electron chi connectivity index (χ2n) is 3.06. The van der Waals surface area contributed by atoms with Crippen LogP contribution >= 0.6 is 0 Å². The zero-order valence-corrected chi connectivity index (χ0v) is 7.62. The van der Waals surface area contributed by atoms with E-state index >= 15 is 0 Å². The Morgan fingerprint density at radius 1 is 1.67 bits per heavy atom. The fourth-order valence-electron chi connectivity index (χ4n) is 1.20. The molecule has 0 bridgehead atoms. The zero-order chi connectivity index (χ0) is 8.97. The molecular formula is C10H14N2. The molecule has 0 fully saturated rings. The molecule has 0 unspecified atom stereocenters. The summed E-state index contributed by atoms with van der Waals surface area (Å²) in [7, 11) is 0. The van der Waals surface area contributed by atoms with Gasteiger partial charge in [-0.2, -0.15) is 5.10 Å². The molecule has 0 N–H and O–H groups in total. The predicted octanol–water partition coefficient (Wildman–Crippen LogP) is 2.03. The lowest BCUT2D eigenvalue weighted by molar-refractivity contribution is 0.509. The summed E-state index contributed by atoms with van der Waals surface area (Å²) in [6.07, 6.45) is 8.73. The average molecular weight is 162 g/mol. The summed E-state index contributed by atoms with van der Waals surface area (Å²) in [6, 6.07) is 2.45. The van der Waals surface area contributed by atoms with Crippen LogP contribution in [0.5, 0.6) is 0 Å². The van der Waals surface area contributed by atoms with Crippen molar-refractivity contribution in [2.24, 2.45) is 0 Å². The maximum Gasteiger partial charge on any atom is 0.0492 e. The van der Waals surface area contributed by atoms with E-state index in [2.05, 4.69) is 24.9 Å². The quantitative estimate of drug-likeness (QED) is 0.622. The van der Waals surface area contributed by atoms with Crippen molar-refractivity contribution in [2.75, 3.05) is 0 Å². The van der Waals surface area contributed by atoms with Crippen molar-refractivity contribution in [3.05, 3.63) is 18.0 Å². The molecule has 0 atom stereocenters. The van der Waals surface area contributed by atoms with Gasteiger partial charge in [0.2, 0.25) is 0 Å². The summed E-state index contributed by atoms with van der Waals surface area (Å²) >= 11 is 0. The molecule has 12 heavy (non-hydrogen) atoms. The largest absolute Gasteiger partial charge is 0.267 e. The molecule has 1 aromatic heterocycles. The molecule has 0 amide bonds. The van der Waals surface area contributed by atoms with Crippen molar-refractivity contribution in [1.29, 1.82) is 0 Å². The highest BCUT2D eigenvalue weighted by Crippen LogP contribution is 2.09. The molecule has 0 saturated heterocycles. The van der Waals surface area contributed by atoms with Gasteiger partial charge in [-0.3, -0.25) is 4.68 Å². The zero-order valence-electron chi connectivity index (χ0n) is 7.62. The SMILES string of the molecule is C#CCCc1ccnn1C(C)C. The number of nitrogens with zero attached hydrogens (tertiary/aromatic N) is 2. The topological polar surface area (TPSA) is 17.8 Å². The minimum atomic E-state index is 0.424. The predicted molar refractivity (Wildman–Crippen MR) is 49.8 cm³/mol. The third kappa shape index (κ3) is 1.88. The normalized spacial score (nSPS) is 10.2. The lowest BCUT2D eigenvalue weighted by Crippen LogP contribution is -2.06. The van der Waals surface area contributed by atoms with Gasteiger partial charge in [0.25, 0.3) is 0 Å². The van der Waals surface area contributed by atoms with Crippen LogP contribution in [0.4, 0.5) is 0 Å². The maximum atomic E-state index is 5.19. The van der Waals surface area contributed by atoms with Gasteiger partial charge in [0, 0.05) is 30.8 Å². The molecular weight excluding hydrogens is 148 g/mol. The van der Waals surface area contributed by atoms with Crippen LogP contribution in [0, 0.1) is 12.3 Å². The van der Waals surface area contributed by atoms with Crippen molar-refractivity contribution < 1.29 is 0 Å². The minimum absolute atomic E-state index is 0.424. The monoisotopic (exact) mass is 162 g/mol. The Morgan fingerprint density at radius 3 is 3.00 bits per heavy atom. The van der Waals surface area contributed by atoms with Crippen LogP contribution < -0.4 is 0 Å². The molecule has 0 radical (unpaired) electrons. The maximum absolute atomic E-state index is 5.19. The van der Waals surface area contributed by atoms with Gasteiger partial charge in [-0.25, -0.2) is 0 Å². The number of hydrogen-bond donors (Lipinski definition) is 0. The van der Waals surface area contributed by atoms with Crippen molar-refractivity contribution >= 4 is 0 Å². The molecule has 64 valence electrons. The van der Waals surface area contributed by atoms with E-state index in [1.165, 1.54) is 5.69 Å². The Kier molecular flexibility index (Phi) is 2.93. The van der Waals surface area contributed by atoms with Gasteiger partial charge in [-0.05, 0) is 19.9 Å². The average Bonchev–Trinajstić information content (AvgIpc) is 2.48. The number of aromatic nitrogens is 2. The molecule has 2 heteroatoms. The molecule has 0 aliphatic heterocycles. The number of rotatable bonds is 3. The highest BCUT2D eigenvalue weighted by Gasteiger charge is 2.03. The Balaban J connectivity index is 2.72. The van der Waals surface area contributed by atoms with Gasteiger partial charge in [0.05, 0.1) is 0 Å². The molecule has 0 spiro atoms. The van der Waals surface area contributed by atoms with Crippen LogP contribution in [-0.4, -0.2) is 9.78 Å². The lowest BCUT2D eigenvalue weighted by Gasteiger charge is -2.09. The second-order valence-corrected chi connectivity index (χ2v) is 3.06.